The van der Waals surface area contributed by atoms with Crippen LogP contribution in [-0.4, -0.2) is 35.8 Å². The van der Waals surface area contributed by atoms with Gasteiger partial charge in [-0.2, -0.15) is 0 Å². The molecular formula is C22H26N2O3. The van der Waals surface area contributed by atoms with Crippen LogP contribution >= 0.6 is 0 Å². The van der Waals surface area contributed by atoms with Gasteiger partial charge in [-0.25, -0.2) is 0 Å². The van der Waals surface area contributed by atoms with Crippen LogP contribution in [0.2, 0.25) is 0 Å². The van der Waals surface area contributed by atoms with Crippen LogP contribution in [-0.2, 0) is 16.0 Å². The fraction of sp³-hybridized carbons (Fsp3) is 0.364. The predicted molar refractivity (Wildman–Crippen MR) is 105 cm³/mol. The number of furan rings is 1. The third-order valence-electron chi connectivity index (χ3n) is 4.87. The Morgan fingerprint density at radius 2 is 1.93 bits per heavy atom. The van der Waals surface area contributed by atoms with Crippen molar-refractivity contribution in [1.29, 1.82) is 0 Å². The molecule has 1 atom stereocenters. The van der Waals surface area contributed by atoms with Gasteiger partial charge in [0.05, 0.1) is 6.26 Å². The van der Waals surface area contributed by atoms with Crippen LogP contribution in [0.5, 0.6) is 0 Å². The summed E-state index contributed by atoms with van der Waals surface area (Å²) in [5.74, 6) is 0.907. The second-order valence-electron chi connectivity index (χ2n) is 7.04. The molecular weight excluding hydrogens is 340 g/mol. The number of likely N-dealkylation sites (tertiary alicyclic amines) is 1. The second-order valence-corrected chi connectivity index (χ2v) is 7.04. The molecule has 0 bridgehead atoms. The Morgan fingerprint density at radius 3 is 2.59 bits per heavy atom. The fourth-order valence-corrected chi connectivity index (χ4v) is 3.34. The molecule has 2 heterocycles. The molecule has 0 radical (unpaired) electrons. The topological polar surface area (TPSA) is 62.6 Å². The Morgan fingerprint density at radius 1 is 1.19 bits per heavy atom. The fourth-order valence-electron chi connectivity index (χ4n) is 3.34. The molecule has 1 N–H and O–H groups in total. The number of rotatable bonds is 6. The molecule has 0 spiro atoms. The van der Waals surface area contributed by atoms with Crippen LogP contribution in [0, 0.1) is 5.92 Å². The zero-order valence-corrected chi connectivity index (χ0v) is 15.6. The lowest BCUT2D eigenvalue weighted by atomic mass is 9.95. The summed E-state index contributed by atoms with van der Waals surface area (Å²) in [4.78, 5) is 26.6. The first-order chi connectivity index (χ1) is 13.1. The maximum atomic E-state index is 12.5. The van der Waals surface area contributed by atoms with Gasteiger partial charge in [0.2, 0.25) is 11.8 Å². The molecule has 142 valence electrons. The molecule has 0 aliphatic carbocycles. The van der Waals surface area contributed by atoms with Gasteiger partial charge in [0.15, 0.2) is 0 Å². The summed E-state index contributed by atoms with van der Waals surface area (Å²) in [7, 11) is 0. The number of hydrogen-bond donors (Lipinski definition) is 1. The summed E-state index contributed by atoms with van der Waals surface area (Å²) >= 11 is 0. The second kappa shape index (κ2) is 9.21. The first-order valence-electron chi connectivity index (χ1n) is 9.46. The molecule has 1 fully saturated rings. The van der Waals surface area contributed by atoms with E-state index in [-0.39, 0.29) is 23.8 Å². The summed E-state index contributed by atoms with van der Waals surface area (Å²) in [6.45, 7) is 3.21. The van der Waals surface area contributed by atoms with Gasteiger partial charge in [0.1, 0.15) is 5.76 Å². The van der Waals surface area contributed by atoms with Crippen LogP contribution in [0.1, 0.15) is 31.1 Å². The van der Waals surface area contributed by atoms with Crippen molar-refractivity contribution in [3.63, 3.8) is 0 Å². The smallest absolute Gasteiger partial charge is 0.246 e. The molecule has 1 aliphatic heterocycles. The predicted octanol–water partition coefficient (Wildman–Crippen LogP) is 3.28. The van der Waals surface area contributed by atoms with E-state index in [1.54, 1.807) is 12.3 Å². The van der Waals surface area contributed by atoms with Crippen molar-refractivity contribution < 1.29 is 14.0 Å². The van der Waals surface area contributed by atoms with Gasteiger partial charge < -0.3 is 14.6 Å². The molecule has 2 aromatic rings. The molecule has 5 heteroatoms. The van der Waals surface area contributed by atoms with Gasteiger partial charge >= 0.3 is 0 Å². The van der Waals surface area contributed by atoms with Gasteiger partial charge in [0.25, 0.3) is 0 Å². The van der Waals surface area contributed by atoms with E-state index in [1.807, 2.05) is 60.4 Å². The van der Waals surface area contributed by atoms with Crippen LogP contribution in [0.4, 0.5) is 0 Å². The summed E-state index contributed by atoms with van der Waals surface area (Å²) in [6, 6.07) is 13.6. The van der Waals surface area contributed by atoms with E-state index in [2.05, 4.69) is 5.32 Å². The molecule has 1 aromatic heterocycles. The molecule has 0 saturated carbocycles. The van der Waals surface area contributed by atoms with Crippen LogP contribution < -0.4 is 5.32 Å². The van der Waals surface area contributed by atoms with Crippen molar-refractivity contribution in [3.8, 4) is 0 Å². The molecule has 1 aromatic carbocycles. The van der Waals surface area contributed by atoms with Crippen molar-refractivity contribution in [2.45, 2.75) is 32.2 Å². The highest BCUT2D eigenvalue weighted by Gasteiger charge is 2.27. The van der Waals surface area contributed by atoms with E-state index in [0.717, 1.165) is 11.3 Å². The van der Waals surface area contributed by atoms with E-state index >= 15 is 0 Å². The van der Waals surface area contributed by atoms with Gasteiger partial charge in [-0.3, -0.25) is 9.59 Å². The normalized spacial score (nSPS) is 16.4. The average Bonchev–Trinajstić information content (AvgIpc) is 3.20. The van der Waals surface area contributed by atoms with Gasteiger partial charge in [-0.05, 0) is 43.5 Å². The van der Waals surface area contributed by atoms with Gasteiger partial charge in [0, 0.05) is 37.5 Å². The summed E-state index contributed by atoms with van der Waals surface area (Å²) in [5, 5.41) is 3.06. The molecule has 27 heavy (non-hydrogen) atoms. The number of benzene rings is 1. The number of hydrogen-bond acceptors (Lipinski definition) is 3. The molecule has 1 unspecified atom stereocenters. The van der Waals surface area contributed by atoms with Crippen molar-refractivity contribution in [1.82, 2.24) is 10.2 Å². The molecule has 2 amide bonds. The summed E-state index contributed by atoms with van der Waals surface area (Å²) < 4.78 is 5.32. The van der Waals surface area contributed by atoms with E-state index in [9.17, 15) is 9.59 Å². The molecule has 5 nitrogen and oxygen atoms in total. The Kier molecular flexibility index (Phi) is 6.47. The zero-order chi connectivity index (χ0) is 19.1. The number of nitrogens with zero attached hydrogens (tertiary/aromatic N) is 1. The Hall–Kier alpha value is -2.82. The van der Waals surface area contributed by atoms with Gasteiger partial charge in [-0.1, -0.05) is 30.3 Å². The molecule has 1 aliphatic rings. The first kappa shape index (κ1) is 19.0. The Bertz CT molecular complexity index is 760. The Balaban J connectivity index is 1.43. The van der Waals surface area contributed by atoms with E-state index in [1.165, 1.54) is 0 Å². The highest BCUT2D eigenvalue weighted by molar-refractivity contribution is 5.92. The SMILES string of the molecule is CC(Cc1ccco1)NC(=O)C1CCN(C(=O)/C=C/c2ccccc2)CC1. The van der Waals surface area contributed by atoms with Crippen LogP contribution in [0.25, 0.3) is 6.08 Å². The lowest BCUT2D eigenvalue weighted by Crippen LogP contribution is -2.44. The summed E-state index contributed by atoms with van der Waals surface area (Å²) in [6.07, 6.45) is 7.16. The molecule has 3 rings (SSSR count). The number of piperidine rings is 1. The number of amides is 2. The number of carbonyl (C=O) groups excluding carboxylic acids is 2. The van der Waals surface area contributed by atoms with Crippen LogP contribution in [0.3, 0.4) is 0 Å². The minimum Gasteiger partial charge on any atom is -0.469 e. The highest BCUT2D eigenvalue weighted by Crippen LogP contribution is 2.18. The molecule has 1 saturated heterocycles. The largest absolute Gasteiger partial charge is 0.469 e. The van der Waals surface area contributed by atoms with Gasteiger partial charge in [-0.15, -0.1) is 0 Å². The summed E-state index contributed by atoms with van der Waals surface area (Å²) in [5.41, 5.74) is 1.01. The van der Waals surface area contributed by atoms with E-state index in [4.69, 9.17) is 4.42 Å². The van der Waals surface area contributed by atoms with Crippen molar-refractivity contribution >= 4 is 17.9 Å². The van der Waals surface area contributed by atoms with Crippen LogP contribution in [0.15, 0.2) is 59.2 Å². The maximum Gasteiger partial charge on any atom is 0.246 e. The maximum absolute atomic E-state index is 12.5. The Labute approximate surface area is 160 Å². The van der Waals surface area contributed by atoms with Crippen molar-refractivity contribution in [2.75, 3.05) is 13.1 Å². The highest BCUT2D eigenvalue weighted by atomic mass is 16.3. The third kappa shape index (κ3) is 5.58. The van der Waals surface area contributed by atoms with Crippen molar-refractivity contribution in [2.24, 2.45) is 5.92 Å². The average molecular weight is 366 g/mol. The quantitative estimate of drug-likeness (QED) is 0.798. The number of carbonyl (C=O) groups is 2. The standard InChI is InChI=1S/C22H26N2O3/c1-17(16-20-8-5-15-27-20)23-22(26)19-11-13-24(14-12-19)21(25)10-9-18-6-3-2-4-7-18/h2-10,15,17,19H,11-14,16H2,1H3,(H,23,26)/b10-9+. The number of nitrogens with one attached hydrogen (secondary N) is 1. The van der Waals surface area contributed by atoms with E-state index < -0.39 is 0 Å². The monoisotopic (exact) mass is 366 g/mol. The minimum absolute atomic E-state index is 0.00361. The lowest BCUT2D eigenvalue weighted by molar-refractivity contribution is -0.132. The lowest BCUT2D eigenvalue weighted by Gasteiger charge is -2.31. The van der Waals surface area contributed by atoms with Crippen molar-refractivity contribution in [3.05, 3.63) is 66.1 Å². The minimum atomic E-state index is -0.0359. The third-order valence-corrected chi connectivity index (χ3v) is 4.87. The first-order valence-corrected chi connectivity index (χ1v) is 9.46. The zero-order valence-electron chi connectivity index (χ0n) is 15.6. The van der Waals surface area contributed by atoms with E-state index in [0.29, 0.717) is 32.4 Å².